The van der Waals surface area contributed by atoms with Crippen molar-refractivity contribution < 1.29 is 18.7 Å². The van der Waals surface area contributed by atoms with E-state index in [-0.39, 0.29) is 36.2 Å². The van der Waals surface area contributed by atoms with Crippen molar-refractivity contribution in [1.82, 2.24) is 14.5 Å². The molecule has 178 valence electrons. The van der Waals surface area contributed by atoms with Crippen LogP contribution in [0.2, 0.25) is 0 Å². The third kappa shape index (κ3) is 5.51. The molecule has 2 aromatic carbocycles. The smallest absolute Gasteiger partial charge is 0.246 e. The second-order valence-electron chi connectivity index (χ2n) is 8.43. The molecule has 0 saturated carbocycles. The highest BCUT2D eigenvalue weighted by Crippen LogP contribution is 2.25. The lowest BCUT2D eigenvalue weighted by molar-refractivity contribution is -0.135. The van der Waals surface area contributed by atoms with Crippen molar-refractivity contribution in [2.45, 2.75) is 39.2 Å². The van der Waals surface area contributed by atoms with Gasteiger partial charge in [0.15, 0.2) is 0 Å². The number of anilines is 1. The molecule has 1 N–H and O–H groups in total. The van der Waals surface area contributed by atoms with Gasteiger partial charge in [-0.1, -0.05) is 43.3 Å². The van der Waals surface area contributed by atoms with Crippen molar-refractivity contribution in [3.63, 3.8) is 0 Å². The Morgan fingerprint density at radius 1 is 1.24 bits per heavy atom. The summed E-state index contributed by atoms with van der Waals surface area (Å²) in [6.45, 7) is 4.42. The van der Waals surface area contributed by atoms with Crippen LogP contribution in [0, 0.1) is 12.7 Å². The van der Waals surface area contributed by atoms with Crippen LogP contribution in [0.25, 0.3) is 16.9 Å². The van der Waals surface area contributed by atoms with Crippen LogP contribution in [-0.2, 0) is 14.3 Å². The zero-order chi connectivity index (χ0) is 24.1. The minimum Gasteiger partial charge on any atom is -0.376 e. The van der Waals surface area contributed by atoms with E-state index in [1.165, 1.54) is 11.0 Å². The Labute approximate surface area is 198 Å². The first-order valence-corrected chi connectivity index (χ1v) is 11.5. The molecule has 1 saturated heterocycles. The summed E-state index contributed by atoms with van der Waals surface area (Å²) in [7, 11) is 0. The lowest BCUT2D eigenvalue weighted by Crippen LogP contribution is -2.42. The Kier molecular flexibility index (Phi) is 7.37. The standard InChI is InChI=1S/C26H29FN4O3/c1-3-25(33)30(15-21-10-7-13-34-21)17-24(32)29-26-28-23(19-8-5-4-6-9-19)16-31(26)20-12-11-18(2)22(27)14-20/h4-6,8-9,11-12,14,16,21H,3,7,10,13,15,17H2,1-2H3,(H,28,29,32)/t21-/m0/s1. The van der Waals surface area contributed by atoms with Gasteiger partial charge in [-0.25, -0.2) is 9.37 Å². The Balaban J connectivity index is 1.60. The number of nitrogens with zero attached hydrogens (tertiary/aromatic N) is 3. The molecule has 8 heteroatoms. The van der Waals surface area contributed by atoms with Crippen molar-refractivity contribution in [2.24, 2.45) is 0 Å². The number of benzene rings is 2. The van der Waals surface area contributed by atoms with E-state index in [4.69, 9.17) is 4.74 Å². The summed E-state index contributed by atoms with van der Waals surface area (Å²) < 4.78 is 21.6. The molecule has 1 fully saturated rings. The van der Waals surface area contributed by atoms with Gasteiger partial charge in [-0.3, -0.25) is 19.5 Å². The maximum absolute atomic E-state index is 14.3. The van der Waals surface area contributed by atoms with Crippen LogP contribution in [-0.4, -0.2) is 52.1 Å². The number of rotatable bonds is 8. The number of nitrogens with one attached hydrogen (secondary N) is 1. The predicted molar refractivity (Wildman–Crippen MR) is 128 cm³/mol. The molecule has 0 aliphatic carbocycles. The maximum atomic E-state index is 14.3. The van der Waals surface area contributed by atoms with Gasteiger partial charge in [0.2, 0.25) is 17.8 Å². The van der Waals surface area contributed by atoms with E-state index in [2.05, 4.69) is 10.3 Å². The summed E-state index contributed by atoms with van der Waals surface area (Å²) in [4.78, 5) is 31.6. The normalized spacial score (nSPS) is 15.3. The fraction of sp³-hybridized carbons (Fsp3) is 0.346. The second-order valence-corrected chi connectivity index (χ2v) is 8.43. The number of carbonyl (C=O) groups is 2. The summed E-state index contributed by atoms with van der Waals surface area (Å²) in [6.07, 6.45) is 3.84. The Morgan fingerprint density at radius 2 is 2.03 bits per heavy atom. The summed E-state index contributed by atoms with van der Waals surface area (Å²) in [5.41, 5.74) is 2.57. The molecule has 0 spiro atoms. The Bertz CT molecular complexity index is 1160. The first-order chi connectivity index (χ1) is 16.4. The van der Waals surface area contributed by atoms with Gasteiger partial charge in [-0.2, -0.15) is 0 Å². The zero-order valence-electron chi connectivity index (χ0n) is 19.5. The number of hydrogen-bond donors (Lipinski definition) is 1. The molecule has 1 aliphatic heterocycles. The molecule has 2 amide bonds. The fourth-order valence-corrected chi connectivity index (χ4v) is 3.99. The van der Waals surface area contributed by atoms with Crippen LogP contribution in [0.3, 0.4) is 0 Å². The summed E-state index contributed by atoms with van der Waals surface area (Å²) >= 11 is 0. The third-order valence-corrected chi connectivity index (χ3v) is 5.90. The van der Waals surface area contributed by atoms with Crippen molar-refractivity contribution in [1.29, 1.82) is 0 Å². The van der Waals surface area contributed by atoms with Crippen LogP contribution in [0.15, 0.2) is 54.7 Å². The van der Waals surface area contributed by atoms with Crippen molar-refractivity contribution >= 4 is 17.8 Å². The number of carbonyl (C=O) groups excluding carboxylic acids is 2. The molecule has 7 nitrogen and oxygen atoms in total. The van der Waals surface area contributed by atoms with Crippen LogP contribution < -0.4 is 5.32 Å². The third-order valence-electron chi connectivity index (χ3n) is 5.90. The van der Waals surface area contributed by atoms with Crippen molar-refractivity contribution in [2.75, 3.05) is 25.0 Å². The largest absolute Gasteiger partial charge is 0.376 e. The highest BCUT2D eigenvalue weighted by atomic mass is 19.1. The van der Waals surface area contributed by atoms with E-state index in [0.29, 0.717) is 36.5 Å². The first-order valence-electron chi connectivity index (χ1n) is 11.5. The number of ether oxygens (including phenoxy) is 1. The number of aryl methyl sites for hydroxylation is 1. The van der Waals surface area contributed by atoms with E-state index in [0.717, 1.165) is 18.4 Å². The molecular weight excluding hydrogens is 435 g/mol. The average molecular weight is 465 g/mol. The maximum Gasteiger partial charge on any atom is 0.246 e. The lowest BCUT2D eigenvalue weighted by Gasteiger charge is -2.24. The van der Waals surface area contributed by atoms with E-state index < -0.39 is 0 Å². The molecule has 2 heterocycles. The monoisotopic (exact) mass is 464 g/mol. The quantitative estimate of drug-likeness (QED) is 0.538. The minimum absolute atomic E-state index is 0.0505. The number of hydrogen-bond acceptors (Lipinski definition) is 4. The Hall–Kier alpha value is -3.52. The van der Waals surface area contributed by atoms with Gasteiger partial charge in [0.05, 0.1) is 17.5 Å². The summed E-state index contributed by atoms with van der Waals surface area (Å²) in [5, 5.41) is 2.82. The molecule has 0 radical (unpaired) electrons. The molecule has 3 aromatic rings. The lowest BCUT2D eigenvalue weighted by atomic mass is 10.2. The highest BCUT2D eigenvalue weighted by molar-refractivity contribution is 5.93. The van der Waals surface area contributed by atoms with E-state index >= 15 is 0 Å². The van der Waals surface area contributed by atoms with Crippen LogP contribution >= 0.6 is 0 Å². The van der Waals surface area contributed by atoms with Crippen molar-refractivity contribution in [3.05, 3.63) is 66.1 Å². The summed E-state index contributed by atoms with van der Waals surface area (Å²) in [5.74, 6) is -0.576. The first kappa shape index (κ1) is 23.6. The predicted octanol–water partition coefficient (Wildman–Crippen LogP) is 4.34. The van der Waals surface area contributed by atoms with E-state index in [1.807, 2.05) is 30.3 Å². The van der Waals surface area contributed by atoms with Crippen molar-refractivity contribution in [3.8, 4) is 16.9 Å². The van der Waals surface area contributed by atoms with Crippen LogP contribution in [0.1, 0.15) is 31.7 Å². The van der Waals surface area contributed by atoms with Crippen LogP contribution in [0.4, 0.5) is 10.3 Å². The molecule has 0 bridgehead atoms. The van der Waals surface area contributed by atoms with Gasteiger partial charge in [0, 0.05) is 31.3 Å². The average Bonchev–Trinajstić information content (AvgIpc) is 3.50. The summed E-state index contributed by atoms with van der Waals surface area (Å²) in [6, 6.07) is 14.4. The zero-order valence-corrected chi connectivity index (χ0v) is 19.5. The fourth-order valence-electron chi connectivity index (χ4n) is 3.99. The molecule has 1 aromatic heterocycles. The number of aromatic nitrogens is 2. The minimum atomic E-state index is -0.376. The van der Waals surface area contributed by atoms with Gasteiger partial charge in [0.25, 0.3) is 0 Å². The Morgan fingerprint density at radius 3 is 2.71 bits per heavy atom. The molecule has 1 aliphatic rings. The van der Waals surface area contributed by atoms with E-state index in [1.54, 1.807) is 36.7 Å². The molecular formula is C26H29FN4O3. The molecule has 34 heavy (non-hydrogen) atoms. The number of amides is 2. The highest BCUT2D eigenvalue weighted by Gasteiger charge is 2.24. The number of halogens is 1. The SMILES string of the molecule is CCC(=O)N(CC(=O)Nc1nc(-c2ccccc2)cn1-c1ccc(C)c(F)c1)C[C@@H]1CCCO1. The van der Waals surface area contributed by atoms with Gasteiger partial charge in [0.1, 0.15) is 12.4 Å². The van der Waals surface area contributed by atoms with Gasteiger partial charge >= 0.3 is 0 Å². The molecule has 0 unspecified atom stereocenters. The topological polar surface area (TPSA) is 76.5 Å². The second kappa shape index (κ2) is 10.6. The molecule has 4 rings (SSSR count). The van der Waals surface area contributed by atoms with E-state index in [9.17, 15) is 14.0 Å². The van der Waals surface area contributed by atoms with Gasteiger partial charge in [-0.05, 0) is 37.5 Å². The van der Waals surface area contributed by atoms with Gasteiger partial charge in [-0.15, -0.1) is 0 Å². The molecule has 1 atom stereocenters. The van der Waals surface area contributed by atoms with Crippen LogP contribution in [0.5, 0.6) is 0 Å². The number of imidazole rings is 1. The van der Waals surface area contributed by atoms with Gasteiger partial charge < -0.3 is 9.64 Å².